The van der Waals surface area contributed by atoms with Crippen molar-refractivity contribution in [2.75, 3.05) is 3.71 Å². The van der Waals surface area contributed by atoms with Crippen LogP contribution < -0.4 is 3.71 Å². The zero-order valence-corrected chi connectivity index (χ0v) is 23.1. The fourth-order valence-electron chi connectivity index (χ4n) is 4.16. The van der Waals surface area contributed by atoms with Crippen LogP contribution in [0.2, 0.25) is 0 Å². The van der Waals surface area contributed by atoms with Gasteiger partial charge in [-0.25, -0.2) is 4.98 Å². The third-order valence-corrected chi connectivity index (χ3v) is 7.93. The van der Waals surface area contributed by atoms with E-state index in [0.717, 1.165) is 38.6 Å². The van der Waals surface area contributed by atoms with Crippen LogP contribution in [0, 0.1) is 0 Å². The lowest BCUT2D eigenvalue weighted by molar-refractivity contribution is 0.888. The summed E-state index contributed by atoms with van der Waals surface area (Å²) in [5, 5.41) is 5.41. The van der Waals surface area contributed by atoms with E-state index >= 15 is 0 Å². The quantitative estimate of drug-likeness (QED) is 0.125. The van der Waals surface area contributed by atoms with Crippen molar-refractivity contribution in [1.82, 2.24) is 19.6 Å². The summed E-state index contributed by atoms with van der Waals surface area (Å²) >= 11 is 3.08. The molecule has 0 saturated carbocycles. The molecule has 2 aromatic carbocycles. The smallest absolute Gasteiger partial charge is 0.180 e. The van der Waals surface area contributed by atoms with Crippen LogP contribution in [0.3, 0.4) is 0 Å². The van der Waals surface area contributed by atoms with Gasteiger partial charge in [-0.2, -0.15) is 13.3 Å². The number of hydrogen-bond acceptors (Lipinski definition) is 6. The van der Waals surface area contributed by atoms with Gasteiger partial charge in [0.25, 0.3) is 0 Å². The molecule has 188 valence electrons. The highest BCUT2D eigenvalue weighted by molar-refractivity contribution is 9.10. The van der Waals surface area contributed by atoms with Crippen molar-refractivity contribution in [1.29, 1.82) is 0 Å². The van der Waals surface area contributed by atoms with Crippen molar-refractivity contribution in [2.24, 2.45) is 0 Å². The lowest BCUT2D eigenvalue weighted by atomic mass is 10.0. The van der Waals surface area contributed by atoms with Gasteiger partial charge in [-0.3, -0.25) is 4.98 Å². The number of halogens is 3. The molecule has 0 aliphatic heterocycles. The van der Waals surface area contributed by atoms with Gasteiger partial charge in [0.05, 0.1) is 21.9 Å². The lowest BCUT2D eigenvalue weighted by Gasteiger charge is -2.17. The Morgan fingerprint density at radius 2 is 1.78 bits per heavy atom. The maximum Gasteiger partial charge on any atom is 0.180 e. The Kier molecular flexibility index (Phi) is 7.78. The first-order valence-corrected chi connectivity index (χ1v) is 13.7. The van der Waals surface area contributed by atoms with Gasteiger partial charge in [-0.15, -0.1) is 7.77 Å². The minimum Gasteiger partial charge on any atom is -0.256 e. The van der Waals surface area contributed by atoms with Crippen molar-refractivity contribution < 1.29 is 7.77 Å². The van der Waals surface area contributed by atoms with Crippen LogP contribution in [0.1, 0.15) is 30.2 Å². The number of nitrogens with zero attached hydrogens (tertiary/aromatic N) is 5. The zero-order valence-electron chi connectivity index (χ0n) is 19.9. The van der Waals surface area contributed by atoms with Crippen LogP contribution in [-0.4, -0.2) is 19.6 Å². The lowest BCUT2D eigenvalue weighted by Crippen LogP contribution is -2.11. The Bertz CT molecular complexity index is 1590. The molecule has 0 aliphatic rings. The first-order chi connectivity index (χ1) is 18.0. The monoisotopic (exact) mass is 597 g/mol. The molecule has 3 aromatic heterocycles. The molecule has 0 fully saturated rings. The summed E-state index contributed by atoms with van der Waals surface area (Å²) in [4.78, 5) is 9.46. The Morgan fingerprint density at radius 3 is 2.51 bits per heavy atom. The number of hydrogen-bond donors (Lipinski definition) is 0. The maximum absolute atomic E-state index is 13.8. The molecular weight excluding hydrogens is 576 g/mol. The predicted molar refractivity (Wildman–Crippen MR) is 154 cm³/mol. The Labute approximate surface area is 231 Å². The molecule has 5 rings (SSSR count). The topological polar surface area (TPSA) is 46.3 Å². The summed E-state index contributed by atoms with van der Waals surface area (Å²) < 4.78 is 30.3. The third kappa shape index (κ3) is 5.23. The highest BCUT2D eigenvalue weighted by Gasteiger charge is 2.24. The molecule has 0 radical (unpaired) electrons. The number of para-hydroxylation sites is 1. The molecule has 0 spiro atoms. The van der Waals surface area contributed by atoms with Crippen molar-refractivity contribution in [3.05, 3.63) is 100 Å². The molecule has 0 atom stereocenters. The molecule has 0 saturated heterocycles. The molecule has 0 bridgehead atoms. The summed E-state index contributed by atoms with van der Waals surface area (Å²) in [6.45, 7) is 6.19. The van der Waals surface area contributed by atoms with E-state index in [1.807, 2.05) is 42.5 Å². The molecule has 0 N–H and O–H groups in total. The van der Waals surface area contributed by atoms with Gasteiger partial charge in [0.15, 0.2) is 36.1 Å². The van der Waals surface area contributed by atoms with Gasteiger partial charge >= 0.3 is 0 Å². The second-order valence-electron chi connectivity index (χ2n) is 8.58. The van der Waals surface area contributed by atoms with Gasteiger partial charge in [0.2, 0.25) is 0 Å². The molecular formula is C27H22BrF2N5S2. The Hall–Kier alpha value is -2.95. The number of fused-ring (bicyclic) bond motifs is 2. The summed E-state index contributed by atoms with van der Waals surface area (Å²) in [6.07, 6.45) is 5.65. The highest BCUT2D eigenvalue weighted by atomic mass is 79.9. The summed E-state index contributed by atoms with van der Waals surface area (Å²) in [6, 6.07) is 18.1. The number of rotatable bonds is 9. The minimum absolute atomic E-state index is 0.205. The molecule has 3 heterocycles. The predicted octanol–water partition coefficient (Wildman–Crippen LogP) is 8.68. The van der Waals surface area contributed by atoms with Crippen LogP contribution in [0.5, 0.6) is 0 Å². The van der Waals surface area contributed by atoms with Gasteiger partial charge in [0.1, 0.15) is 0 Å². The van der Waals surface area contributed by atoms with Crippen LogP contribution in [0.25, 0.3) is 27.7 Å². The number of allylic oxidation sites excluding steroid dienone is 1. The third-order valence-electron chi connectivity index (χ3n) is 6.18. The number of anilines is 1. The van der Waals surface area contributed by atoms with Gasteiger partial charge < -0.3 is 0 Å². The first-order valence-electron chi connectivity index (χ1n) is 11.6. The van der Waals surface area contributed by atoms with E-state index < -0.39 is 0 Å². The second-order valence-corrected chi connectivity index (χ2v) is 10.6. The molecule has 0 aliphatic carbocycles. The number of benzene rings is 2. The van der Waals surface area contributed by atoms with E-state index in [-0.39, 0.29) is 30.5 Å². The van der Waals surface area contributed by atoms with Crippen LogP contribution >= 0.6 is 40.6 Å². The van der Waals surface area contributed by atoms with E-state index in [2.05, 4.69) is 51.6 Å². The van der Waals surface area contributed by atoms with Gasteiger partial charge in [-0.05, 0) is 52.0 Å². The van der Waals surface area contributed by atoms with E-state index in [0.29, 0.717) is 27.8 Å². The molecule has 5 nitrogen and oxygen atoms in total. The van der Waals surface area contributed by atoms with Crippen molar-refractivity contribution in [3.63, 3.8) is 0 Å². The minimum atomic E-state index is -0.234. The maximum atomic E-state index is 13.8. The zero-order chi connectivity index (χ0) is 25.9. The van der Waals surface area contributed by atoms with Crippen molar-refractivity contribution in [3.8, 4) is 11.1 Å². The molecule has 37 heavy (non-hydrogen) atoms. The standard InChI is InChI=1S/C27H22BrF2N5S2/c1-3-17(2)12-18-8-10-19(11-9-18)13-24-25(28)27(35(36-29)37-30)34-26(33-24)22(16-32-34)21-14-20-6-4-5-7-23(20)31-15-21/h4-11,14-16H,2-3,12-13H2,1H3. The van der Waals surface area contributed by atoms with Crippen LogP contribution in [0.4, 0.5) is 13.6 Å². The largest absolute Gasteiger partial charge is 0.256 e. The van der Waals surface area contributed by atoms with Gasteiger partial charge in [-0.1, -0.05) is 61.5 Å². The van der Waals surface area contributed by atoms with Crippen molar-refractivity contribution >= 4 is 63.0 Å². The van der Waals surface area contributed by atoms with E-state index in [1.165, 1.54) is 15.7 Å². The Balaban J connectivity index is 1.60. The summed E-state index contributed by atoms with van der Waals surface area (Å²) in [5.41, 5.74) is 6.91. The molecule has 0 unspecified atom stereocenters. The van der Waals surface area contributed by atoms with Crippen LogP contribution in [-0.2, 0) is 12.8 Å². The number of aromatic nitrogens is 4. The van der Waals surface area contributed by atoms with Crippen LogP contribution in [0.15, 0.2) is 83.6 Å². The average Bonchev–Trinajstić information content (AvgIpc) is 3.35. The fraction of sp³-hybridized carbons (Fsp3) is 0.148. The van der Waals surface area contributed by atoms with Crippen molar-refractivity contribution in [2.45, 2.75) is 26.2 Å². The summed E-state index contributed by atoms with van der Waals surface area (Å²) in [5.74, 6) is 0.205. The highest BCUT2D eigenvalue weighted by Crippen LogP contribution is 2.40. The molecule has 10 heteroatoms. The van der Waals surface area contributed by atoms with E-state index in [9.17, 15) is 7.77 Å². The average molecular weight is 599 g/mol. The normalized spacial score (nSPS) is 11.4. The first kappa shape index (κ1) is 25.7. The Morgan fingerprint density at radius 1 is 1.05 bits per heavy atom. The van der Waals surface area contributed by atoms with E-state index in [1.54, 1.807) is 12.4 Å². The number of pyridine rings is 1. The van der Waals surface area contributed by atoms with Gasteiger partial charge in [0, 0.05) is 29.1 Å². The van der Waals surface area contributed by atoms with E-state index in [4.69, 9.17) is 4.98 Å². The summed E-state index contributed by atoms with van der Waals surface area (Å²) in [7, 11) is 0. The molecule has 5 aromatic rings. The SMILES string of the molecule is C=C(CC)Cc1ccc(Cc2nc3c(-c4cnc5ccccc5c4)cnn3c(N(SF)SF)c2Br)cc1. The second kappa shape index (κ2) is 11.2. The fourth-order valence-corrected chi connectivity index (χ4v) is 5.52. The molecule has 0 amide bonds.